The standard InChI is InChI=1S/C15H22O2/c1-2-15(16)11-7-4-8-12-17-13-14-9-5-3-6-10-14/h2-3,5-6,9-10,15-16H,1,4,7-8,11-13H2. The van der Waals surface area contributed by atoms with Gasteiger partial charge >= 0.3 is 0 Å². The fourth-order valence-corrected chi connectivity index (χ4v) is 1.62. The number of hydrogen-bond donors (Lipinski definition) is 1. The summed E-state index contributed by atoms with van der Waals surface area (Å²) < 4.78 is 5.57. The monoisotopic (exact) mass is 234 g/mol. The highest BCUT2D eigenvalue weighted by atomic mass is 16.5. The number of ether oxygens (including phenoxy) is 1. The Bertz CT molecular complexity index is 295. The molecule has 0 saturated heterocycles. The molecule has 2 nitrogen and oxygen atoms in total. The van der Waals surface area contributed by atoms with E-state index in [2.05, 4.69) is 18.7 Å². The molecule has 0 radical (unpaired) electrons. The van der Waals surface area contributed by atoms with Crippen molar-refractivity contribution in [1.29, 1.82) is 0 Å². The first kappa shape index (κ1) is 13.9. The van der Waals surface area contributed by atoms with Crippen LogP contribution in [0.3, 0.4) is 0 Å². The maximum absolute atomic E-state index is 9.26. The Kier molecular flexibility index (Phi) is 7.35. The Morgan fingerprint density at radius 2 is 1.94 bits per heavy atom. The van der Waals surface area contributed by atoms with Crippen molar-refractivity contribution in [2.75, 3.05) is 6.61 Å². The second-order valence-corrected chi connectivity index (χ2v) is 4.19. The summed E-state index contributed by atoms with van der Waals surface area (Å²) in [6.45, 7) is 5.03. The average Bonchev–Trinajstić information content (AvgIpc) is 2.38. The van der Waals surface area contributed by atoms with Crippen LogP contribution in [-0.2, 0) is 11.3 Å². The summed E-state index contributed by atoms with van der Waals surface area (Å²) in [7, 11) is 0. The number of rotatable bonds is 9. The molecule has 94 valence electrons. The molecule has 0 bridgehead atoms. The highest BCUT2D eigenvalue weighted by Gasteiger charge is 1.97. The number of unbranched alkanes of at least 4 members (excludes halogenated alkanes) is 2. The van der Waals surface area contributed by atoms with E-state index in [1.807, 2.05) is 18.2 Å². The first-order valence-electron chi connectivity index (χ1n) is 6.25. The number of hydrogen-bond acceptors (Lipinski definition) is 2. The van der Waals surface area contributed by atoms with Crippen molar-refractivity contribution >= 4 is 0 Å². The van der Waals surface area contributed by atoms with Gasteiger partial charge in [-0.05, 0) is 18.4 Å². The van der Waals surface area contributed by atoms with E-state index in [4.69, 9.17) is 4.74 Å². The summed E-state index contributed by atoms with van der Waals surface area (Å²) in [6.07, 6.45) is 5.23. The van der Waals surface area contributed by atoms with Crippen molar-refractivity contribution in [3.8, 4) is 0 Å². The van der Waals surface area contributed by atoms with Crippen LogP contribution in [0.25, 0.3) is 0 Å². The van der Waals surface area contributed by atoms with E-state index in [1.165, 1.54) is 5.56 Å². The summed E-state index contributed by atoms with van der Waals surface area (Å²) >= 11 is 0. The predicted octanol–water partition coefficient (Wildman–Crippen LogP) is 3.31. The Hall–Kier alpha value is -1.12. The Labute approximate surface area is 104 Å². The van der Waals surface area contributed by atoms with Crippen LogP contribution < -0.4 is 0 Å². The third-order valence-electron chi connectivity index (χ3n) is 2.67. The summed E-state index contributed by atoms with van der Waals surface area (Å²) in [4.78, 5) is 0. The molecule has 0 aromatic heterocycles. The molecule has 1 atom stereocenters. The van der Waals surface area contributed by atoms with E-state index in [1.54, 1.807) is 6.08 Å². The van der Waals surface area contributed by atoms with Crippen molar-refractivity contribution in [3.05, 3.63) is 48.6 Å². The topological polar surface area (TPSA) is 29.5 Å². The lowest BCUT2D eigenvalue weighted by Gasteiger charge is -2.06. The Morgan fingerprint density at radius 3 is 2.65 bits per heavy atom. The van der Waals surface area contributed by atoms with E-state index in [0.717, 1.165) is 32.3 Å². The van der Waals surface area contributed by atoms with Gasteiger partial charge in [0.15, 0.2) is 0 Å². The quantitative estimate of drug-likeness (QED) is 0.524. The van der Waals surface area contributed by atoms with Crippen LogP contribution in [0, 0.1) is 0 Å². The minimum atomic E-state index is -0.347. The molecule has 1 N–H and O–H groups in total. The largest absolute Gasteiger partial charge is 0.389 e. The molecule has 1 rings (SSSR count). The van der Waals surface area contributed by atoms with E-state index in [-0.39, 0.29) is 6.10 Å². The summed E-state index contributed by atoms with van der Waals surface area (Å²) in [6, 6.07) is 10.2. The van der Waals surface area contributed by atoms with Crippen molar-refractivity contribution in [3.63, 3.8) is 0 Å². The number of aliphatic hydroxyl groups excluding tert-OH is 1. The van der Waals surface area contributed by atoms with Crippen LogP contribution in [0.4, 0.5) is 0 Å². The maximum Gasteiger partial charge on any atom is 0.0718 e. The summed E-state index contributed by atoms with van der Waals surface area (Å²) in [5.41, 5.74) is 1.22. The van der Waals surface area contributed by atoms with Gasteiger partial charge in [0.25, 0.3) is 0 Å². The molecule has 1 aromatic carbocycles. The molecule has 0 spiro atoms. The van der Waals surface area contributed by atoms with Gasteiger partial charge in [0.1, 0.15) is 0 Å². The zero-order valence-electron chi connectivity index (χ0n) is 10.3. The van der Waals surface area contributed by atoms with Crippen LogP contribution in [-0.4, -0.2) is 17.8 Å². The first-order chi connectivity index (χ1) is 8.33. The van der Waals surface area contributed by atoms with E-state index < -0.39 is 0 Å². The molecule has 0 aliphatic heterocycles. The highest BCUT2D eigenvalue weighted by Crippen LogP contribution is 2.06. The number of aliphatic hydroxyl groups is 1. The van der Waals surface area contributed by atoms with Crippen LogP contribution in [0.5, 0.6) is 0 Å². The minimum absolute atomic E-state index is 0.347. The van der Waals surface area contributed by atoms with Crippen LogP contribution in [0.15, 0.2) is 43.0 Å². The molecule has 17 heavy (non-hydrogen) atoms. The first-order valence-corrected chi connectivity index (χ1v) is 6.25. The molecule has 2 heteroatoms. The van der Waals surface area contributed by atoms with Gasteiger partial charge in [-0.1, -0.05) is 49.2 Å². The van der Waals surface area contributed by atoms with Crippen LogP contribution in [0.2, 0.25) is 0 Å². The van der Waals surface area contributed by atoms with Gasteiger partial charge in [-0.3, -0.25) is 0 Å². The lowest BCUT2D eigenvalue weighted by Crippen LogP contribution is -2.01. The third-order valence-corrected chi connectivity index (χ3v) is 2.67. The molecule has 0 aliphatic rings. The summed E-state index contributed by atoms with van der Waals surface area (Å²) in [5, 5.41) is 9.26. The fourth-order valence-electron chi connectivity index (χ4n) is 1.62. The van der Waals surface area contributed by atoms with Crippen molar-refractivity contribution in [1.82, 2.24) is 0 Å². The molecule has 0 saturated carbocycles. The molecule has 0 amide bonds. The molecule has 1 aromatic rings. The third kappa shape index (κ3) is 6.93. The van der Waals surface area contributed by atoms with Gasteiger partial charge in [0.2, 0.25) is 0 Å². The lowest BCUT2D eigenvalue weighted by atomic mass is 10.1. The highest BCUT2D eigenvalue weighted by molar-refractivity contribution is 5.13. The average molecular weight is 234 g/mol. The molecule has 0 aliphatic carbocycles. The Balaban J connectivity index is 1.93. The summed E-state index contributed by atoms with van der Waals surface area (Å²) in [5.74, 6) is 0. The van der Waals surface area contributed by atoms with E-state index in [0.29, 0.717) is 6.61 Å². The normalized spacial score (nSPS) is 12.3. The molecule has 1 unspecified atom stereocenters. The van der Waals surface area contributed by atoms with Gasteiger partial charge in [-0.25, -0.2) is 0 Å². The SMILES string of the molecule is C=CC(O)CCCCCOCc1ccccc1. The van der Waals surface area contributed by atoms with Gasteiger partial charge in [0.05, 0.1) is 12.7 Å². The van der Waals surface area contributed by atoms with Gasteiger partial charge in [-0.15, -0.1) is 6.58 Å². The fraction of sp³-hybridized carbons (Fsp3) is 0.467. The van der Waals surface area contributed by atoms with Crippen LogP contribution >= 0.6 is 0 Å². The molecular formula is C15H22O2. The smallest absolute Gasteiger partial charge is 0.0718 e. The van der Waals surface area contributed by atoms with Crippen molar-refractivity contribution in [2.45, 2.75) is 38.4 Å². The Morgan fingerprint density at radius 1 is 1.18 bits per heavy atom. The van der Waals surface area contributed by atoms with E-state index >= 15 is 0 Å². The van der Waals surface area contributed by atoms with E-state index in [9.17, 15) is 5.11 Å². The second kappa shape index (κ2) is 8.97. The molecular weight excluding hydrogens is 212 g/mol. The minimum Gasteiger partial charge on any atom is -0.389 e. The van der Waals surface area contributed by atoms with Crippen LogP contribution in [0.1, 0.15) is 31.2 Å². The van der Waals surface area contributed by atoms with Crippen molar-refractivity contribution in [2.24, 2.45) is 0 Å². The molecule has 0 heterocycles. The zero-order chi connectivity index (χ0) is 12.3. The lowest BCUT2D eigenvalue weighted by molar-refractivity contribution is 0.115. The van der Waals surface area contributed by atoms with Gasteiger partial charge < -0.3 is 9.84 Å². The van der Waals surface area contributed by atoms with Crippen molar-refractivity contribution < 1.29 is 9.84 Å². The second-order valence-electron chi connectivity index (χ2n) is 4.19. The predicted molar refractivity (Wildman–Crippen MR) is 70.8 cm³/mol. The maximum atomic E-state index is 9.26. The number of benzene rings is 1. The van der Waals surface area contributed by atoms with Gasteiger partial charge in [0, 0.05) is 6.61 Å². The molecule has 0 fully saturated rings. The zero-order valence-corrected chi connectivity index (χ0v) is 10.3. The van der Waals surface area contributed by atoms with Gasteiger partial charge in [-0.2, -0.15) is 0 Å².